The van der Waals surface area contributed by atoms with E-state index in [-0.39, 0.29) is 6.04 Å². The monoisotopic (exact) mass is 282 g/mol. The molecule has 0 spiro atoms. The van der Waals surface area contributed by atoms with Crippen molar-refractivity contribution in [3.05, 3.63) is 52.2 Å². The molecule has 2 heterocycles. The highest BCUT2D eigenvalue weighted by molar-refractivity contribution is 7.12. The van der Waals surface area contributed by atoms with E-state index in [4.69, 9.17) is 11.2 Å². The van der Waals surface area contributed by atoms with Crippen LogP contribution in [0.2, 0.25) is 0 Å². The molecule has 1 aliphatic heterocycles. The highest BCUT2D eigenvalue weighted by atomic mass is 32.1. The number of nitrogens with one attached hydrogen (secondary N) is 1. The Labute approximate surface area is 122 Å². The smallest absolute Gasteiger partial charge is 0.148 e. The van der Waals surface area contributed by atoms with Gasteiger partial charge in [0.05, 0.1) is 16.6 Å². The maximum atomic E-state index is 5.37. The van der Waals surface area contributed by atoms with E-state index in [0.717, 1.165) is 17.9 Å². The molecule has 1 aromatic carbocycles. The van der Waals surface area contributed by atoms with Crippen LogP contribution in [0.15, 0.2) is 46.9 Å². The molecule has 1 aromatic heterocycles. The summed E-state index contributed by atoms with van der Waals surface area (Å²) in [5.41, 5.74) is 5.52. The number of terminal acetylenes is 1. The van der Waals surface area contributed by atoms with Gasteiger partial charge < -0.3 is 10.2 Å². The van der Waals surface area contributed by atoms with Crippen LogP contribution in [0.3, 0.4) is 0 Å². The zero-order valence-electron chi connectivity index (χ0n) is 10.9. The van der Waals surface area contributed by atoms with Crippen LogP contribution in [-0.2, 0) is 0 Å². The molecule has 3 nitrogen and oxygen atoms in total. The van der Waals surface area contributed by atoms with E-state index in [9.17, 15) is 0 Å². The molecule has 0 radical (unpaired) electrons. The minimum absolute atomic E-state index is 0.230. The van der Waals surface area contributed by atoms with Crippen LogP contribution in [0, 0.1) is 12.3 Å². The predicted octanol–water partition coefficient (Wildman–Crippen LogP) is 3.20. The van der Waals surface area contributed by atoms with E-state index >= 15 is 0 Å². The van der Waals surface area contributed by atoms with Gasteiger partial charge in [-0.15, -0.1) is 17.8 Å². The number of thiophene rings is 1. The lowest BCUT2D eigenvalue weighted by Gasteiger charge is -2.11. The second kappa shape index (κ2) is 5.81. The highest BCUT2D eigenvalue weighted by Gasteiger charge is 2.21. The average Bonchev–Trinajstić information content (AvgIpc) is 3.16. The van der Waals surface area contributed by atoms with Crippen molar-refractivity contribution in [2.45, 2.75) is 12.5 Å². The Morgan fingerprint density at radius 3 is 2.90 bits per heavy atom. The van der Waals surface area contributed by atoms with Gasteiger partial charge in [0.1, 0.15) is 12.4 Å². The first-order chi connectivity index (χ1) is 9.86. The van der Waals surface area contributed by atoms with Crippen molar-refractivity contribution in [1.29, 1.82) is 0 Å². The summed E-state index contributed by atoms with van der Waals surface area (Å²) in [4.78, 5) is 1.23. The van der Waals surface area contributed by atoms with E-state index in [1.807, 2.05) is 18.2 Å². The molecule has 1 unspecified atom stereocenters. The number of rotatable bonds is 4. The maximum Gasteiger partial charge on any atom is 0.148 e. The van der Waals surface area contributed by atoms with Gasteiger partial charge >= 0.3 is 0 Å². The molecule has 4 heteroatoms. The summed E-state index contributed by atoms with van der Waals surface area (Å²) in [5.74, 6) is 3.25. The van der Waals surface area contributed by atoms with Gasteiger partial charge in [0.25, 0.3) is 0 Å². The Morgan fingerprint density at radius 2 is 2.20 bits per heavy atom. The van der Waals surface area contributed by atoms with E-state index < -0.39 is 0 Å². The summed E-state index contributed by atoms with van der Waals surface area (Å²) < 4.78 is 5.37. The summed E-state index contributed by atoms with van der Waals surface area (Å²) in [5, 5.41) is 6.50. The first kappa shape index (κ1) is 12.8. The van der Waals surface area contributed by atoms with Gasteiger partial charge in [0.15, 0.2) is 0 Å². The topological polar surface area (TPSA) is 33.6 Å². The largest absolute Gasteiger partial charge is 0.481 e. The van der Waals surface area contributed by atoms with E-state index in [2.05, 4.69) is 40.0 Å². The van der Waals surface area contributed by atoms with Gasteiger partial charge in [-0.05, 0) is 29.1 Å². The van der Waals surface area contributed by atoms with Crippen molar-refractivity contribution < 1.29 is 4.74 Å². The van der Waals surface area contributed by atoms with Crippen molar-refractivity contribution in [3.63, 3.8) is 0 Å². The van der Waals surface area contributed by atoms with Crippen LogP contribution < -0.4 is 10.2 Å². The Hall–Kier alpha value is -2.25. The van der Waals surface area contributed by atoms with Gasteiger partial charge in [-0.25, -0.2) is 0 Å². The quantitative estimate of drug-likeness (QED) is 0.874. The molecule has 0 saturated carbocycles. The lowest BCUT2D eigenvalue weighted by molar-refractivity contribution is 0.370. The number of hydrogen-bond acceptors (Lipinski definition) is 4. The van der Waals surface area contributed by atoms with Crippen molar-refractivity contribution >= 4 is 17.0 Å². The molecule has 1 atom stereocenters. The van der Waals surface area contributed by atoms with Gasteiger partial charge in [0.2, 0.25) is 0 Å². The standard InChI is InChI=1S/C16H14N2OS/c1-2-9-19-13-7-5-12(6-8-13)14-11-15(18-17-14)16-4-3-10-20-16/h1,3-8,10,14,17H,9,11H2. The zero-order chi connectivity index (χ0) is 13.8. The third kappa shape index (κ3) is 2.68. The fourth-order valence-corrected chi connectivity index (χ4v) is 2.88. The fourth-order valence-electron chi connectivity index (χ4n) is 2.15. The van der Waals surface area contributed by atoms with Crippen LogP contribution in [0.5, 0.6) is 5.75 Å². The first-order valence-corrected chi connectivity index (χ1v) is 7.27. The summed E-state index contributed by atoms with van der Waals surface area (Å²) in [6, 6.07) is 12.4. The van der Waals surface area contributed by atoms with Crippen LogP contribution in [0.1, 0.15) is 22.9 Å². The number of hydrazone groups is 1. The second-order valence-corrected chi connectivity index (χ2v) is 5.43. The zero-order valence-corrected chi connectivity index (χ0v) is 11.7. The third-order valence-electron chi connectivity index (χ3n) is 3.16. The SMILES string of the molecule is C#CCOc1ccc(C2CC(c3cccs3)=NN2)cc1. The molecule has 100 valence electrons. The molecule has 1 aliphatic rings. The minimum atomic E-state index is 0.230. The molecule has 0 fully saturated rings. The molecule has 3 rings (SSSR count). The Balaban J connectivity index is 1.66. The minimum Gasteiger partial charge on any atom is -0.481 e. The molecule has 1 N–H and O–H groups in total. The van der Waals surface area contributed by atoms with Gasteiger partial charge in [-0.1, -0.05) is 24.1 Å². The van der Waals surface area contributed by atoms with Crippen LogP contribution >= 0.6 is 11.3 Å². The molecule has 20 heavy (non-hydrogen) atoms. The van der Waals surface area contributed by atoms with Gasteiger partial charge in [-0.3, -0.25) is 0 Å². The summed E-state index contributed by atoms with van der Waals surface area (Å²) >= 11 is 1.72. The Morgan fingerprint density at radius 1 is 1.35 bits per heavy atom. The maximum absolute atomic E-state index is 5.37. The Kier molecular flexibility index (Phi) is 3.71. The average molecular weight is 282 g/mol. The molecular weight excluding hydrogens is 268 g/mol. The van der Waals surface area contributed by atoms with Crippen molar-refractivity contribution in [3.8, 4) is 18.1 Å². The molecular formula is C16H14N2OS. The number of nitrogens with zero attached hydrogens (tertiary/aromatic N) is 1. The normalized spacial score (nSPS) is 17.1. The fraction of sp³-hybridized carbons (Fsp3) is 0.188. The van der Waals surface area contributed by atoms with E-state index in [0.29, 0.717) is 6.61 Å². The molecule has 0 amide bonds. The second-order valence-electron chi connectivity index (χ2n) is 4.48. The molecule has 0 aliphatic carbocycles. The van der Waals surface area contributed by atoms with Crippen LogP contribution in [-0.4, -0.2) is 12.3 Å². The van der Waals surface area contributed by atoms with Gasteiger partial charge in [-0.2, -0.15) is 5.10 Å². The predicted molar refractivity (Wildman–Crippen MR) is 82.1 cm³/mol. The summed E-state index contributed by atoms with van der Waals surface area (Å²) in [6.07, 6.45) is 6.08. The van der Waals surface area contributed by atoms with Crippen molar-refractivity contribution in [1.82, 2.24) is 5.43 Å². The van der Waals surface area contributed by atoms with E-state index in [1.165, 1.54) is 10.4 Å². The third-order valence-corrected chi connectivity index (χ3v) is 4.08. The number of ether oxygens (including phenoxy) is 1. The van der Waals surface area contributed by atoms with Crippen molar-refractivity contribution in [2.24, 2.45) is 5.10 Å². The lowest BCUT2D eigenvalue weighted by Crippen LogP contribution is -2.09. The number of hydrogen-bond donors (Lipinski definition) is 1. The van der Waals surface area contributed by atoms with Gasteiger partial charge in [0, 0.05) is 6.42 Å². The summed E-state index contributed by atoms with van der Waals surface area (Å²) in [6.45, 7) is 0.298. The van der Waals surface area contributed by atoms with Crippen LogP contribution in [0.25, 0.3) is 0 Å². The lowest BCUT2D eigenvalue weighted by atomic mass is 10.0. The Bertz CT molecular complexity index is 638. The molecule has 0 saturated heterocycles. The van der Waals surface area contributed by atoms with E-state index in [1.54, 1.807) is 11.3 Å². The first-order valence-electron chi connectivity index (χ1n) is 6.39. The molecule has 0 bridgehead atoms. The number of benzene rings is 1. The van der Waals surface area contributed by atoms with Crippen LogP contribution in [0.4, 0.5) is 0 Å². The summed E-state index contributed by atoms with van der Waals surface area (Å²) in [7, 11) is 0. The molecule has 2 aromatic rings. The van der Waals surface area contributed by atoms with Crippen molar-refractivity contribution in [2.75, 3.05) is 6.61 Å². The highest BCUT2D eigenvalue weighted by Crippen LogP contribution is 2.27.